The van der Waals surface area contributed by atoms with Crippen molar-refractivity contribution < 1.29 is 9.18 Å². The minimum absolute atomic E-state index is 0. The van der Waals surface area contributed by atoms with Gasteiger partial charge in [0.2, 0.25) is 0 Å². The summed E-state index contributed by atoms with van der Waals surface area (Å²) in [7, 11) is 1.93. The maximum atomic E-state index is 13.7. The third-order valence-electron chi connectivity index (χ3n) is 3.35. The number of halogens is 3. The summed E-state index contributed by atoms with van der Waals surface area (Å²) in [6.45, 7) is 1.36. The van der Waals surface area contributed by atoms with E-state index in [0.29, 0.717) is 23.6 Å². The van der Waals surface area contributed by atoms with E-state index in [9.17, 15) is 9.18 Å². The normalized spacial score (nSPS) is 16.1. The number of carbonyl (C=O) groups is 1. The third-order valence-corrected chi connectivity index (χ3v) is 3.85. The van der Waals surface area contributed by atoms with Crippen LogP contribution < -0.4 is 5.32 Å². The van der Waals surface area contributed by atoms with Gasteiger partial charge in [0.05, 0.1) is 5.56 Å². The lowest BCUT2D eigenvalue weighted by Gasteiger charge is -2.31. The SMILES string of the molecule is CNC1CCN(C(=O)c2ccc(Br)cc2F)CC1.Cl. The number of piperidine rings is 1. The predicted octanol–water partition coefficient (Wildman–Crippen LogP) is 2.83. The highest BCUT2D eigenvalue weighted by Crippen LogP contribution is 2.19. The number of benzene rings is 1. The molecule has 1 amide bonds. The third kappa shape index (κ3) is 3.91. The summed E-state index contributed by atoms with van der Waals surface area (Å²) < 4.78 is 14.4. The lowest BCUT2D eigenvalue weighted by Crippen LogP contribution is -2.44. The molecule has 106 valence electrons. The molecule has 0 spiro atoms. The molecular weight excluding hydrogens is 335 g/mol. The molecule has 1 aliphatic rings. The highest BCUT2D eigenvalue weighted by Gasteiger charge is 2.24. The molecule has 0 bridgehead atoms. The van der Waals surface area contributed by atoms with E-state index in [1.807, 2.05) is 7.05 Å². The number of amides is 1. The van der Waals surface area contributed by atoms with E-state index in [0.717, 1.165) is 12.8 Å². The van der Waals surface area contributed by atoms with Gasteiger partial charge in [0, 0.05) is 23.6 Å². The molecule has 2 rings (SSSR count). The standard InChI is InChI=1S/C13H16BrFN2O.ClH/c1-16-10-4-6-17(7-5-10)13(18)11-3-2-9(14)8-12(11)15;/h2-3,8,10,16H,4-7H2,1H3;1H. The fraction of sp³-hybridized carbons (Fsp3) is 0.462. The van der Waals surface area contributed by atoms with Crippen LogP contribution in [-0.2, 0) is 0 Å². The summed E-state index contributed by atoms with van der Waals surface area (Å²) in [6, 6.07) is 5.01. The number of rotatable bonds is 2. The number of likely N-dealkylation sites (tertiary alicyclic amines) is 1. The van der Waals surface area contributed by atoms with Crippen LogP contribution in [0.2, 0.25) is 0 Å². The molecule has 3 nitrogen and oxygen atoms in total. The van der Waals surface area contributed by atoms with Crippen molar-refractivity contribution in [2.75, 3.05) is 20.1 Å². The van der Waals surface area contributed by atoms with E-state index < -0.39 is 5.82 Å². The summed E-state index contributed by atoms with van der Waals surface area (Å²) >= 11 is 3.19. The topological polar surface area (TPSA) is 32.3 Å². The van der Waals surface area contributed by atoms with Gasteiger partial charge in [0.1, 0.15) is 5.82 Å². The Morgan fingerprint density at radius 2 is 2.05 bits per heavy atom. The molecule has 1 N–H and O–H groups in total. The van der Waals surface area contributed by atoms with E-state index in [1.54, 1.807) is 11.0 Å². The Morgan fingerprint density at radius 3 is 2.58 bits per heavy atom. The molecule has 1 fully saturated rings. The molecule has 1 aliphatic heterocycles. The van der Waals surface area contributed by atoms with Gasteiger partial charge in [0.25, 0.3) is 5.91 Å². The van der Waals surface area contributed by atoms with Gasteiger partial charge in [-0.2, -0.15) is 0 Å². The zero-order chi connectivity index (χ0) is 13.1. The van der Waals surface area contributed by atoms with E-state index in [1.165, 1.54) is 12.1 Å². The Balaban J connectivity index is 0.00000180. The Bertz CT molecular complexity index is 450. The van der Waals surface area contributed by atoms with Gasteiger partial charge >= 0.3 is 0 Å². The van der Waals surface area contributed by atoms with E-state index in [2.05, 4.69) is 21.2 Å². The first-order valence-electron chi connectivity index (χ1n) is 6.03. The highest BCUT2D eigenvalue weighted by molar-refractivity contribution is 9.10. The summed E-state index contributed by atoms with van der Waals surface area (Å²) in [4.78, 5) is 13.9. The Labute approximate surface area is 127 Å². The summed E-state index contributed by atoms with van der Waals surface area (Å²) in [5.74, 6) is -0.681. The van der Waals surface area contributed by atoms with Crippen molar-refractivity contribution in [1.29, 1.82) is 0 Å². The van der Waals surface area contributed by atoms with Crippen molar-refractivity contribution in [1.82, 2.24) is 10.2 Å². The van der Waals surface area contributed by atoms with E-state index in [-0.39, 0.29) is 23.9 Å². The van der Waals surface area contributed by atoms with Crippen LogP contribution >= 0.6 is 28.3 Å². The van der Waals surface area contributed by atoms with Crippen LogP contribution in [0.15, 0.2) is 22.7 Å². The van der Waals surface area contributed by atoms with Gasteiger partial charge in [-0.15, -0.1) is 12.4 Å². The fourth-order valence-electron chi connectivity index (χ4n) is 2.20. The van der Waals surface area contributed by atoms with Gasteiger partial charge in [-0.25, -0.2) is 4.39 Å². The second kappa shape index (κ2) is 7.22. The minimum Gasteiger partial charge on any atom is -0.338 e. The van der Waals surface area contributed by atoms with Crippen molar-refractivity contribution in [2.45, 2.75) is 18.9 Å². The molecule has 19 heavy (non-hydrogen) atoms. The molecule has 1 heterocycles. The van der Waals surface area contributed by atoms with Crippen LogP contribution in [0.3, 0.4) is 0 Å². The summed E-state index contributed by atoms with van der Waals surface area (Å²) in [6.07, 6.45) is 1.83. The molecule has 1 saturated heterocycles. The second-order valence-corrected chi connectivity index (χ2v) is 5.39. The molecule has 1 aromatic rings. The first-order valence-corrected chi connectivity index (χ1v) is 6.82. The van der Waals surface area contributed by atoms with Crippen LogP contribution in [0.1, 0.15) is 23.2 Å². The zero-order valence-electron chi connectivity index (χ0n) is 10.7. The van der Waals surface area contributed by atoms with Crippen LogP contribution in [0, 0.1) is 5.82 Å². The lowest BCUT2D eigenvalue weighted by atomic mass is 10.0. The molecule has 6 heteroatoms. The summed E-state index contributed by atoms with van der Waals surface area (Å²) in [5, 5.41) is 3.20. The molecule has 0 saturated carbocycles. The van der Waals surface area contributed by atoms with Crippen molar-refractivity contribution in [3.05, 3.63) is 34.1 Å². The van der Waals surface area contributed by atoms with E-state index in [4.69, 9.17) is 0 Å². The smallest absolute Gasteiger partial charge is 0.256 e. The number of nitrogens with zero attached hydrogens (tertiary/aromatic N) is 1. The number of hydrogen-bond donors (Lipinski definition) is 1. The molecule has 0 aliphatic carbocycles. The monoisotopic (exact) mass is 350 g/mol. The first-order chi connectivity index (χ1) is 8.61. The van der Waals surface area contributed by atoms with Crippen molar-refractivity contribution in [2.24, 2.45) is 0 Å². The second-order valence-electron chi connectivity index (χ2n) is 4.48. The van der Waals surface area contributed by atoms with Crippen LogP contribution in [-0.4, -0.2) is 37.0 Å². The van der Waals surface area contributed by atoms with E-state index >= 15 is 0 Å². The average molecular weight is 352 g/mol. The van der Waals surface area contributed by atoms with Gasteiger partial charge in [-0.1, -0.05) is 15.9 Å². The Kier molecular flexibility index (Phi) is 6.23. The zero-order valence-corrected chi connectivity index (χ0v) is 13.1. The van der Waals surface area contributed by atoms with Crippen LogP contribution in [0.5, 0.6) is 0 Å². The van der Waals surface area contributed by atoms with Gasteiger partial charge in [0.15, 0.2) is 0 Å². The number of nitrogens with one attached hydrogen (secondary N) is 1. The average Bonchev–Trinajstić information content (AvgIpc) is 2.38. The van der Waals surface area contributed by atoms with Gasteiger partial charge < -0.3 is 10.2 Å². The number of hydrogen-bond acceptors (Lipinski definition) is 2. The highest BCUT2D eigenvalue weighted by atomic mass is 79.9. The van der Waals surface area contributed by atoms with Crippen molar-refractivity contribution in [3.63, 3.8) is 0 Å². The first kappa shape index (κ1) is 16.4. The van der Waals surface area contributed by atoms with Crippen molar-refractivity contribution in [3.8, 4) is 0 Å². The molecule has 0 atom stereocenters. The lowest BCUT2D eigenvalue weighted by molar-refractivity contribution is 0.0702. The molecular formula is C13H17BrClFN2O. The fourth-order valence-corrected chi connectivity index (χ4v) is 2.54. The largest absolute Gasteiger partial charge is 0.338 e. The summed E-state index contributed by atoms with van der Waals surface area (Å²) in [5.41, 5.74) is 0.154. The van der Waals surface area contributed by atoms with Crippen molar-refractivity contribution >= 4 is 34.2 Å². The maximum Gasteiger partial charge on any atom is 0.256 e. The Hall–Kier alpha value is -0.650. The molecule has 0 unspecified atom stereocenters. The molecule has 0 aromatic heterocycles. The number of carbonyl (C=O) groups excluding carboxylic acids is 1. The van der Waals surface area contributed by atoms with Crippen LogP contribution in [0.25, 0.3) is 0 Å². The van der Waals surface area contributed by atoms with Crippen LogP contribution in [0.4, 0.5) is 4.39 Å². The van der Waals surface area contributed by atoms with Gasteiger partial charge in [-0.3, -0.25) is 4.79 Å². The molecule has 1 aromatic carbocycles. The Morgan fingerprint density at radius 1 is 1.42 bits per heavy atom. The predicted molar refractivity (Wildman–Crippen MR) is 79.3 cm³/mol. The van der Waals surface area contributed by atoms with Gasteiger partial charge in [-0.05, 0) is 38.1 Å². The molecule has 0 radical (unpaired) electrons. The quantitative estimate of drug-likeness (QED) is 0.888. The minimum atomic E-state index is -0.467. The maximum absolute atomic E-state index is 13.7.